The summed E-state index contributed by atoms with van der Waals surface area (Å²) < 4.78 is 159. The Hall–Kier alpha value is -0.880. The molecule has 0 amide bonds. The normalized spacial score (nSPS) is 21.5. The van der Waals surface area contributed by atoms with Crippen LogP contribution >= 0.6 is 0 Å². The van der Waals surface area contributed by atoms with Crippen LogP contribution in [0.1, 0.15) is 6.92 Å². The zero-order chi connectivity index (χ0) is 18.7. The molecule has 1 atom stereocenters. The third kappa shape index (κ3) is 2.84. The Kier molecular flexibility index (Phi) is 4.43. The van der Waals surface area contributed by atoms with E-state index in [9.17, 15) is 52.7 Å². The van der Waals surface area contributed by atoms with Crippen molar-refractivity contribution in [3.05, 3.63) is 6.42 Å². The predicted molar refractivity (Wildman–Crippen MR) is 49.4 cm³/mol. The highest BCUT2D eigenvalue weighted by atomic mass is 19.4. The highest BCUT2D eigenvalue weighted by Gasteiger charge is 2.89. The first-order valence-electron chi connectivity index (χ1n) is 5.57. The molecule has 1 radical (unpaired) electrons. The summed E-state index contributed by atoms with van der Waals surface area (Å²) in [6.07, 6.45) is -2.67. The molecule has 1 heterocycles. The molecule has 1 fully saturated rings. The molecule has 0 aromatic heterocycles. The monoisotopic (exact) mass is 371 g/mol. The molecule has 137 valence electrons. The van der Waals surface area contributed by atoms with Gasteiger partial charge in [0, 0.05) is 6.92 Å². The average molecular weight is 371 g/mol. The molecule has 1 aliphatic rings. The number of rotatable bonds is 7. The van der Waals surface area contributed by atoms with Crippen molar-refractivity contribution in [3.63, 3.8) is 0 Å². The minimum Gasteiger partial charge on any atom is -0.373 e. The van der Waals surface area contributed by atoms with Crippen molar-refractivity contribution < 1.29 is 57.4 Å². The lowest BCUT2D eigenvalue weighted by atomic mass is 9.90. The second-order valence-corrected chi connectivity index (χ2v) is 4.85. The van der Waals surface area contributed by atoms with Crippen LogP contribution in [0.25, 0.3) is 0 Å². The molecule has 23 heavy (non-hydrogen) atoms. The van der Waals surface area contributed by atoms with Gasteiger partial charge in [-0.05, 0) is 0 Å². The smallest absolute Gasteiger partial charge is 0.373 e. The minimum atomic E-state index is -7.50. The highest BCUT2D eigenvalue weighted by Crippen LogP contribution is 2.60. The Labute approximate surface area is 120 Å². The van der Waals surface area contributed by atoms with Crippen LogP contribution in [0.2, 0.25) is 0 Å². The Bertz CT molecular complexity index is 447. The van der Waals surface area contributed by atoms with Gasteiger partial charge in [-0.3, -0.25) is 0 Å². The van der Waals surface area contributed by atoms with Gasteiger partial charge >= 0.3 is 35.5 Å². The van der Waals surface area contributed by atoms with E-state index in [4.69, 9.17) is 0 Å². The third-order valence-corrected chi connectivity index (χ3v) is 2.91. The largest absolute Gasteiger partial charge is 0.384 e. The van der Waals surface area contributed by atoms with Crippen molar-refractivity contribution in [2.45, 2.75) is 48.6 Å². The molecule has 0 aromatic carbocycles. The van der Waals surface area contributed by atoms with Gasteiger partial charge in [0.25, 0.3) is 0 Å². The average Bonchev–Trinajstić information content (AvgIpc) is 3.09. The number of epoxide rings is 1. The molecule has 1 unspecified atom stereocenters. The van der Waals surface area contributed by atoms with Gasteiger partial charge in [-0.1, -0.05) is 0 Å². The zero-order valence-electron chi connectivity index (χ0n) is 10.8. The molecular weight excluding hydrogens is 364 g/mol. The lowest BCUT2D eigenvalue weighted by molar-refractivity contribution is -0.419. The van der Waals surface area contributed by atoms with Crippen molar-refractivity contribution in [2.24, 2.45) is 0 Å². The first-order chi connectivity index (χ1) is 9.83. The lowest BCUT2D eigenvalue weighted by Crippen LogP contribution is -2.70. The van der Waals surface area contributed by atoms with Gasteiger partial charge in [0.1, 0.15) is 0 Å². The number of alkyl halides is 12. The lowest BCUT2D eigenvalue weighted by Gasteiger charge is -2.40. The summed E-state index contributed by atoms with van der Waals surface area (Å²) in [5.41, 5.74) is 0. The summed E-state index contributed by atoms with van der Waals surface area (Å²) in [6.45, 7) is -1.56. The summed E-state index contributed by atoms with van der Waals surface area (Å²) >= 11 is 0. The van der Waals surface area contributed by atoms with Crippen LogP contribution in [0.15, 0.2) is 0 Å². The number of halogens is 12. The van der Waals surface area contributed by atoms with Gasteiger partial charge in [-0.25, -0.2) is 0 Å². The fourth-order valence-electron chi connectivity index (χ4n) is 1.37. The fourth-order valence-corrected chi connectivity index (χ4v) is 1.37. The number of hydrogen-bond acceptors (Lipinski definition) is 1. The van der Waals surface area contributed by atoms with E-state index in [-0.39, 0.29) is 0 Å². The van der Waals surface area contributed by atoms with E-state index in [0.717, 1.165) is 0 Å². The van der Waals surface area contributed by atoms with Crippen LogP contribution in [0.3, 0.4) is 0 Å². The first kappa shape index (κ1) is 20.2. The topological polar surface area (TPSA) is 12.5 Å². The van der Waals surface area contributed by atoms with E-state index < -0.39 is 61.6 Å². The quantitative estimate of drug-likeness (QED) is 0.477. The van der Waals surface area contributed by atoms with Gasteiger partial charge in [0.2, 0.25) is 0 Å². The summed E-state index contributed by atoms with van der Waals surface area (Å²) in [4.78, 5) is 0. The zero-order valence-corrected chi connectivity index (χ0v) is 10.8. The van der Waals surface area contributed by atoms with Crippen molar-refractivity contribution in [3.8, 4) is 0 Å². The van der Waals surface area contributed by atoms with Crippen LogP contribution < -0.4 is 0 Å². The van der Waals surface area contributed by atoms with Crippen molar-refractivity contribution in [1.82, 2.24) is 0 Å². The Morgan fingerprint density at radius 1 is 0.696 bits per heavy atom. The Balaban J connectivity index is 3.30. The fraction of sp³-hybridized carbons (Fsp3) is 0.900. The van der Waals surface area contributed by atoms with Crippen LogP contribution in [0.4, 0.5) is 52.7 Å². The van der Waals surface area contributed by atoms with E-state index >= 15 is 0 Å². The van der Waals surface area contributed by atoms with Gasteiger partial charge in [0.05, 0.1) is 19.1 Å². The summed E-state index contributed by atoms with van der Waals surface area (Å²) in [7, 11) is 0. The van der Waals surface area contributed by atoms with Gasteiger partial charge < -0.3 is 4.74 Å². The molecule has 1 saturated heterocycles. The molecule has 0 aromatic rings. The summed E-state index contributed by atoms with van der Waals surface area (Å²) in [5, 5.41) is 0. The highest BCUT2D eigenvalue weighted by molar-refractivity contribution is 5.15. The van der Waals surface area contributed by atoms with E-state index in [1.807, 2.05) is 0 Å². The van der Waals surface area contributed by atoms with E-state index in [1.165, 1.54) is 0 Å². The maximum atomic E-state index is 13.1. The van der Waals surface area contributed by atoms with Crippen LogP contribution in [-0.4, -0.2) is 48.2 Å². The second-order valence-electron chi connectivity index (χ2n) is 4.85. The molecule has 0 saturated carbocycles. The van der Waals surface area contributed by atoms with E-state index in [1.54, 1.807) is 0 Å². The molecule has 0 spiro atoms. The van der Waals surface area contributed by atoms with E-state index in [0.29, 0.717) is 0 Å². The van der Waals surface area contributed by atoms with Crippen LogP contribution in [-0.2, 0) is 4.74 Å². The van der Waals surface area contributed by atoms with Crippen LogP contribution in [0, 0.1) is 6.42 Å². The maximum absolute atomic E-state index is 13.1. The molecular formula is C10H7F12O. The van der Waals surface area contributed by atoms with Gasteiger partial charge in [-0.15, -0.1) is 0 Å². The van der Waals surface area contributed by atoms with E-state index in [2.05, 4.69) is 4.74 Å². The molecule has 0 aliphatic carbocycles. The van der Waals surface area contributed by atoms with Gasteiger partial charge in [-0.2, -0.15) is 52.7 Å². The molecule has 0 bridgehead atoms. The molecule has 0 N–H and O–H groups in total. The second kappa shape index (κ2) is 5.06. The summed E-state index contributed by atoms with van der Waals surface area (Å²) in [5.74, 6) is -41.0. The maximum Gasteiger partial charge on any atom is 0.384 e. The Morgan fingerprint density at radius 2 is 1.04 bits per heavy atom. The SMILES string of the molecule is CC(F)(F)C(F)(F)C(F)(F)C(F)(F)C(F)(F)C(F)(F)[CH]C1CO1. The Morgan fingerprint density at radius 3 is 1.35 bits per heavy atom. The molecule has 1 nitrogen and oxygen atoms in total. The van der Waals surface area contributed by atoms with Gasteiger partial charge in [0.15, 0.2) is 0 Å². The molecule has 1 aliphatic heterocycles. The minimum absolute atomic E-state index is 0.614. The molecule has 13 heteroatoms. The number of hydrogen-bond donors (Lipinski definition) is 0. The van der Waals surface area contributed by atoms with Crippen LogP contribution in [0.5, 0.6) is 0 Å². The third-order valence-electron chi connectivity index (χ3n) is 2.91. The molecule has 1 rings (SSSR count). The summed E-state index contributed by atoms with van der Waals surface area (Å²) in [6, 6.07) is 0. The first-order valence-corrected chi connectivity index (χ1v) is 5.57. The van der Waals surface area contributed by atoms with Crippen molar-refractivity contribution >= 4 is 0 Å². The predicted octanol–water partition coefficient (Wildman–Crippen LogP) is 4.42. The van der Waals surface area contributed by atoms with Crippen molar-refractivity contribution in [2.75, 3.05) is 6.61 Å². The number of ether oxygens (including phenoxy) is 1. The van der Waals surface area contributed by atoms with Crippen molar-refractivity contribution in [1.29, 1.82) is 0 Å². The standard InChI is InChI=1S/C10H7F12O/c1-5(11,12)7(15,16)9(19,20)10(21,22)8(17,18)6(13,14)2-4-3-23-4/h2,4H,3H2,1H3.